The van der Waals surface area contributed by atoms with E-state index < -0.39 is 0 Å². The van der Waals surface area contributed by atoms with Crippen molar-refractivity contribution in [2.75, 3.05) is 11.9 Å². The van der Waals surface area contributed by atoms with E-state index in [1.54, 1.807) is 0 Å². The van der Waals surface area contributed by atoms with E-state index in [0.717, 1.165) is 29.8 Å². The Morgan fingerprint density at radius 2 is 1.75 bits per heavy atom. The van der Waals surface area contributed by atoms with Crippen LogP contribution in [0.4, 0.5) is 5.69 Å². The molecule has 0 unspecified atom stereocenters. The van der Waals surface area contributed by atoms with E-state index in [2.05, 4.69) is 50.1 Å². The second-order valence-electron chi connectivity index (χ2n) is 7.55. The molecule has 2 heteroatoms. The van der Waals surface area contributed by atoms with E-state index in [-0.39, 0.29) is 0 Å². The first-order chi connectivity index (χ1) is 9.36. The average molecular weight is 274 g/mol. The Morgan fingerprint density at radius 1 is 1.10 bits per heavy atom. The van der Waals surface area contributed by atoms with E-state index in [1.165, 1.54) is 31.4 Å². The van der Waals surface area contributed by atoms with Gasteiger partial charge in [-0.1, -0.05) is 20.8 Å². The quantitative estimate of drug-likeness (QED) is 0.842. The van der Waals surface area contributed by atoms with Gasteiger partial charge in [-0.15, -0.1) is 0 Å². The summed E-state index contributed by atoms with van der Waals surface area (Å²) < 4.78 is 0. The maximum atomic E-state index is 4.52. The monoisotopic (exact) mass is 274 g/mol. The Labute approximate surface area is 124 Å². The third kappa shape index (κ3) is 3.97. The fraction of sp³-hybridized carbons (Fsp3) is 0.722. The van der Waals surface area contributed by atoms with Gasteiger partial charge in [0, 0.05) is 12.2 Å². The fourth-order valence-corrected chi connectivity index (χ4v) is 3.36. The minimum atomic E-state index is 0.482. The predicted octanol–water partition coefficient (Wildman–Crippen LogP) is 4.96. The number of hydrogen-bond acceptors (Lipinski definition) is 2. The maximum absolute atomic E-state index is 4.52. The molecule has 1 aromatic rings. The molecule has 2 rings (SSSR count). The standard InChI is InChI=1S/C18H30N2/c1-13-6-11-17(14(2)20-13)19-12-15-7-9-16(10-8-15)18(3,4)5/h6,11,15-16,19H,7-10,12H2,1-5H3. The van der Waals surface area contributed by atoms with Crippen LogP contribution in [0.5, 0.6) is 0 Å². The van der Waals surface area contributed by atoms with Crippen molar-refractivity contribution in [1.29, 1.82) is 0 Å². The normalized spacial score (nSPS) is 23.6. The minimum Gasteiger partial charge on any atom is -0.383 e. The van der Waals surface area contributed by atoms with Crippen LogP contribution in [0.3, 0.4) is 0 Å². The van der Waals surface area contributed by atoms with Crippen molar-refractivity contribution in [3.05, 3.63) is 23.5 Å². The number of nitrogens with one attached hydrogen (secondary N) is 1. The van der Waals surface area contributed by atoms with Gasteiger partial charge in [-0.25, -0.2) is 0 Å². The lowest BCUT2D eigenvalue weighted by molar-refractivity contribution is 0.153. The van der Waals surface area contributed by atoms with Gasteiger partial charge in [0.05, 0.1) is 11.4 Å². The first-order valence-corrected chi connectivity index (χ1v) is 8.04. The highest BCUT2D eigenvalue weighted by molar-refractivity contribution is 5.47. The number of aryl methyl sites for hydroxylation is 2. The second-order valence-corrected chi connectivity index (χ2v) is 7.55. The molecule has 0 amide bonds. The zero-order valence-corrected chi connectivity index (χ0v) is 13.8. The summed E-state index contributed by atoms with van der Waals surface area (Å²) in [4.78, 5) is 4.52. The summed E-state index contributed by atoms with van der Waals surface area (Å²) in [5, 5.41) is 3.60. The third-order valence-corrected chi connectivity index (χ3v) is 4.88. The Morgan fingerprint density at radius 3 is 2.30 bits per heavy atom. The molecule has 0 aromatic carbocycles. The highest BCUT2D eigenvalue weighted by Crippen LogP contribution is 2.39. The lowest BCUT2D eigenvalue weighted by atomic mass is 9.70. The molecule has 0 atom stereocenters. The molecule has 1 aliphatic rings. The molecule has 0 aliphatic heterocycles. The van der Waals surface area contributed by atoms with Crippen molar-refractivity contribution in [3.8, 4) is 0 Å². The van der Waals surface area contributed by atoms with Gasteiger partial charge in [0.25, 0.3) is 0 Å². The van der Waals surface area contributed by atoms with Crippen molar-refractivity contribution in [3.63, 3.8) is 0 Å². The van der Waals surface area contributed by atoms with Crippen LogP contribution in [-0.4, -0.2) is 11.5 Å². The Hall–Kier alpha value is -1.05. The topological polar surface area (TPSA) is 24.9 Å². The van der Waals surface area contributed by atoms with Gasteiger partial charge in [0.2, 0.25) is 0 Å². The Balaban J connectivity index is 1.82. The fourth-order valence-electron chi connectivity index (χ4n) is 3.36. The minimum absolute atomic E-state index is 0.482. The SMILES string of the molecule is Cc1ccc(NCC2CCC(C(C)(C)C)CC2)c(C)n1. The Kier molecular flexibility index (Phi) is 4.72. The van der Waals surface area contributed by atoms with Crippen molar-refractivity contribution in [2.45, 2.75) is 60.3 Å². The molecule has 0 radical (unpaired) electrons. The Bertz CT molecular complexity index is 437. The van der Waals surface area contributed by atoms with E-state index in [0.29, 0.717) is 5.41 Å². The summed E-state index contributed by atoms with van der Waals surface area (Å²) >= 11 is 0. The number of aromatic nitrogens is 1. The van der Waals surface area contributed by atoms with Crippen LogP contribution in [0.15, 0.2) is 12.1 Å². The molecule has 0 spiro atoms. The van der Waals surface area contributed by atoms with Crippen LogP contribution in [0.2, 0.25) is 0 Å². The molecule has 0 saturated heterocycles. The first-order valence-electron chi connectivity index (χ1n) is 8.04. The molecule has 1 N–H and O–H groups in total. The number of anilines is 1. The largest absolute Gasteiger partial charge is 0.383 e. The van der Waals surface area contributed by atoms with Crippen LogP contribution >= 0.6 is 0 Å². The van der Waals surface area contributed by atoms with Gasteiger partial charge >= 0.3 is 0 Å². The van der Waals surface area contributed by atoms with E-state index in [9.17, 15) is 0 Å². The zero-order valence-electron chi connectivity index (χ0n) is 13.8. The van der Waals surface area contributed by atoms with Gasteiger partial charge in [-0.2, -0.15) is 0 Å². The van der Waals surface area contributed by atoms with Gasteiger partial charge in [-0.3, -0.25) is 4.98 Å². The lowest BCUT2D eigenvalue weighted by Crippen LogP contribution is -2.28. The van der Waals surface area contributed by atoms with Gasteiger partial charge in [-0.05, 0) is 68.9 Å². The number of pyridine rings is 1. The molecule has 20 heavy (non-hydrogen) atoms. The first kappa shape index (κ1) is 15.3. The zero-order chi connectivity index (χ0) is 14.8. The van der Waals surface area contributed by atoms with Crippen LogP contribution in [-0.2, 0) is 0 Å². The lowest BCUT2D eigenvalue weighted by Gasteiger charge is -2.37. The van der Waals surface area contributed by atoms with Gasteiger partial charge < -0.3 is 5.32 Å². The highest BCUT2D eigenvalue weighted by atomic mass is 14.9. The van der Waals surface area contributed by atoms with Crippen molar-refractivity contribution in [2.24, 2.45) is 17.3 Å². The maximum Gasteiger partial charge on any atom is 0.0606 e. The highest BCUT2D eigenvalue weighted by Gasteiger charge is 2.29. The molecular formula is C18H30N2. The molecule has 1 fully saturated rings. The van der Waals surface area contributed by atoms with Crippen molar-refractivity contribution in [1.82, 2.24) is 4.98 Å². The van der Waals surface area contributed by atoms with Gasteiger partial charge in [0.15, 0.2) is 0 Å². The van der Waals surface area contributed by atoms with Crippen LogP contribution in [0.25, 0.3) is 0 Å². The van der Waals surface area contributed by atoms with Crippen molar-refractivity contribution < 1.29 is 0 Å². The second kappa shape index (κ2) is 6.15. The summed E-state index contributed by atoms with van der Waals surface area (Å²) in [5.74, 6) is 1.73. The molecule has 1 saturated carbocycles. The summed E-state index contributed by atoms with van der Waals surface area (Å²) in [6, 6.07) is 4.25. The van der Waals surface area contributed by atoms with Crippen LogP contribution < -0.4 is 5.32 Å². The van der Waals surface area contributed by atoms with E-state index >= 15 is 0 Å². The van der Waals surface area contributed by atoms with Crippen LogP contribution in [0, 0.1) is 31.1 Å². The molecule has 1 aliphatic carbocycles. The number of nitrogens with zero attached hydrogens (tertiary/aromatic N) is 1. The third-order valence-electron chi connectivity index (χ3n) is 4.88. The molecule has 2 nitrogen and oxygen atoms in total. The predicted molar refractivity (Wildman–Crippen MR) is 87.1 cm³/mol. The van der Waals surface area contributed by atoms with Crippen LogP contribution in [0.1, 0.15) is 57.8 Å². The van der Waals surface area contributed by atoms with E-state index in [4.69, 9.17) is 0 Å². The molecule has 1 aromatic heterocycles. The molecule has 112 valence electrons. The van der Waals surface area contributed by atoms with Crippen molar-refractivity contribution >= 4 is 5.69 Å². The number of rotatable bonds is 3. The summed E-state index contributed by atoms with van der Waals surface area (Å²) in [6.07, 6.45) is 5.52. The van der Waals surface area contributed by atoms with Gasteiger partial charge in [0.1, 0.15) is 0 Å². The average Bonchev–Trinajstić information content (AvgIpc) is 2.37. The summed E-state index contributed by atoms with van der Waals surface area (Å²) in [7, 11) is 0. The van der Waals surface area contributed by atoms with E-state index in [1.807, 2.05) is 6.92 Å². The summed E-state index contributed by atoms with van der Waals surface area (Å²) in [5.41, 5.74) is 3.90. The molecule has 1 heterocycles. The number of hydrogen-bond donors (Lipinski definition) is 1. The smallest absolute Gasteiger partial charge is 0.0606 e. The summed E-state index contributed by atoms with van der Waals surface area (Å²) in [6.45, 7) is 12.4. The molecule has 0 bridgehead atoms. The molecular weight excluding hydrogens is 244 g/mol.